The molecule has 2 aliphatic carbocycles. The number of morpholine rings is 1. The molecule has 3 aliphatic heterocycles. The molecular formula is C29H40N6O3. The zero-order valence-corrected chi connectivity index (χ0v) is 22.2. The summed E-state index contributed by atoms with van der Waals surface area (Å²) < 4.78 is 5.55. The SMILES string of the molecule is O=C(NCCC(C1=CNCC=C1)N1CCOCC1)[C@@H]1CCCN1C(=O)CCc1nc2c([nH]1)CC=CC1CC21. The summed E-state index contributed by atoms with van der Waals surface area (Å²) in [6.45, 7) is 5.36. The number of nitrogens with zero attached hydrogens (tertiary/aromatic N) is 3. The number of allylic oxidation sites excluding steroid dienone is 2. The van der Waals surface area contributed by atoms with E-state index in [1.807, 2.05) is 0 Å². The van der Waals surface area contributed by atoms with Gasteiger partial charge in [-0.3, -0.25) is 14.5 Å². The maximum absolute atomic E-state index is 13.2. The zero-order chi connectivity index (χ0) is 25.9. The van der Waals surface area contributed by atoms with Crippen molar-refractivity contribution in [2.45, 2.75) is 62.9 Å². The average molecular weight is 521 g/mol. The molecule has 1 aromatic rings. The molecule has 4 heterocycles. The highest BCUT2D eigenvalue weighted by molar-refractivity contribution is 5.88. The molecule has 2 amide bonds. The van der Waals surface area contributed by atoms with Crippen molar-refractivity contribution >= 4 is 11.8 Å². The minimum Gasteiger partial charge on any atom is -0.387 e. The topological polar surface area (TPSA) is 103 Å². The first-order valence-corrected chi connectivity index (χ1v) is 14.4. The summed E-state index contributed by atoms with van der Waals surface area (Å²) in [7, 11) is 0. The fourth-order valence-corrected chi connectivity index (χ4v) is 6.46. The van der Waals surface area contributed by atoms with Gasteiger partial charge >= 0.3 is 0 Å². The Morgan fingerprint density at radius 1 is 1.21 bits per heavy atom. The molecule has 1 aromatic heterocycles. The zero-order valence-electron chi connectivity index (χ0n) is 22.2. The number of rotatable bonds is 9. The fourth-order valence-electron chi connectivity index (χ4n) is 6.46. The van der Waals surface area contributed by atoms with Gasteiger partial charge in [0.1, 0.15) is 11.9 Å². The first-order chi connectivity index (χ1) is 18.7. The number of hydrogen-bond acceptors (Lipinski definition) is 6. The maximum atomic E-state index is 13.2. The Hall–Kier alpha value is -2.91. The second kappa shape index (κ2) is 11.5. The highest BCUT2D eigenvalue weighted by Gasteiger charge is 2.41. The number of hydrogen-bond donors (Lipinski definition) is 3. The number of likely N-dealkylation sites (tertiary alicyclic amines) is 1. The molecule has 0 radical (unpaired) electrons. The van der Waals surface area contributed by atoms with Gasteiger partial charge in [-0.2, -0.15) is 0 Å². The molecule has 3 unspecified atom stereocenters. The summed E-state index contributed by atoms with van der Waals surface area (Å²) in [5, 5.41) is 6.47. The molecule has 0 aromatic carbocycles. The third-order valence-corrected chi connectivity index (χ3v) is 8.61. The lowest BCUT2D eigenvalue weighted by atomic mass is 10.00. The smallest absolute Gasteiger partial charge is 0.242 e. The van der Waals surface area contributed by atoms with Crippen LogP contribution in [0.15, 0.2) is 36.1 Å². The summed E-state index contributed by atoms with van der Waals surface area (Å²) in [5.41, 5.74) is 3.65. The summed E-state index contributed by atoms with van der Waals surface area (Å²) in [6, 6.07) is -0.139. The second-order valence-electron chi connectivity index (χ2n) is 11.1. The quantitative estimate of drug-likeness (QED) is 0.429. The van der Waals surface area contributed by atoms with Gasteiger partial charge in [0.05, 0.1) is 18.9 Å². The number of carbonyl (C=O) groups excluding carboxylic acids is 2. The molecule has 0 spiro atoms. The van der Waals surface area contributed by atoms with Crippen LogP contribution in [0.3, 0.4) is 0 Å². The number of imidazole rings is 1. The third kappa shape index (κ3) is 5.59. The summed E-state index contributed by atoms with van der Waals surface area (Å²) in [5.74, 6) is 2.13. The van der Waals surface area contributed by atoms with Gasteiger partial charge in [-0.05, 0) is 37.2 Å². The van der Waals surface area contributed by atoms with Crippen LogP contribution in [0.2, 0.25) is 0 Å². The molecule has 1 saturated carbocycles. The van der Waals surface area contributed by atoms with Crippen molar-refractivity contribution in [2.24, 2.45) is 5.92 Å². The van der Waals surface area contributed by atoms with Crippen molar-refractivity contribution in [1.82, 2.24) is 30.4 Å². The second-order valence-corrected chi connectivity index (χ2v) is 11.1. The molecule has 38 heavy (non-hydrogen) atoms. The van der Waals surface area contributed by atoms with Gasteiger partial charge in [0.25, 0.3) is 0 Å². The summed E-state index contributed by atoms with van der Waals surface area (Å²) >= 11 is 0. The number of aryl methyl sites for hydroxylation is 1. The van der Waals surface area contributed by atoms with Crippen LogP contribution in [-0.4, -0.2) is 89.6 Å². The number of aromatic amines is 1. The van der Waals surface area contributed by atoms with E-state index in [4.69, 9.17) is 9.72 Å². The lowest BCUT2D eigenvalue weighted by Gasteiger charge is -2.36. The van der Waals surface area contributed by atoms with Crippen LogP contribution in [0.4, 0.5) is 0 Å². The Morgan fingerprint density at radius 3 is 2.95 bits per heavy atom. The van der Waals surface area contributed by atoms with Crippen molar-refractivity contribution < 1.29 is 14.3 Å². The van der Waals surface area contributed by atoms with Crippen molar-refractivity contribution in [3.05, 3.63) is 53.3 Å². The van der Waals surface area contributed by atoms with Crippen LogP contribution < -0.4 is 10.6 Å². The number of nitrogens with one attached hydrogen (secondary N) is 3. The summed E-state index contributed by atoms with van der Waals surface area (Å²) in [4.78, 5) is 38.9. The monoisotopic (exact) mass is 520 g/mol. The predicted molar refractivity (Wildman–Crippen MR) is 144 cm³/mol. The van der Waals surface area contributed by atoms with Gasteiger partial charge in [-0.25, -0.2) is 4.98 Å². The first-order valence-electron chi connectivity index (χ1n) is 14.4. The van der Waals surface area contributed by atoms with Crippen LogP contribution in [-0.2, 0) is 27.2 Å². The molecule has 9 heteroatoms. The van der Waals surface area contributed by atoms with Crippen molar-refractivity contribution in [3.8, 4) is 0 Å². The molecule has 5 aliphatic rings. The largest absolute Gasteiger partial charge is 0.387 e. The Balaban J connectivity index is 1.01. The standard InChI is InChI=1S/C29H40N6O3/c36-27(9-8-26-32-23-6-1-4-20-18-22(20)28(23)33-26)35-13-3-7-25(35)29(37)31-12-10-24(21-5-2-11-30-19-21)34-14-16-38-17-15-34/h1-2,4-5,19-20,22,24-25,30H,3,6-18H2,(H,31,37)(H,32,33)/t20?,22?,24?,25-/m0/s1. The van der Waals surface area contributed by atoms with Crippen LogP contribution in [0.25, 0.3) is 0 Å². The fraction of sp³-hybridized carbons (Fsp3) is 0.621. The molecule has 3 fully saturated rings. The van der Waals surface area contributed by atoms with Crippen LogP contribution in [0.5, 0.6) is 0 Å². The number of fused-ring (bicyclic) bond motifs is 3. The predicted octanol–water partition coefficient (Wildman–Crippen LogP) is 1.80. The third-order valence-electron chi connectivity index (χ3n) is 8.61. The number of amides is 2. The van der Waals surface area contributed by atoms with Crippen molar-refractivity contribution in [3.63, 3.8) is 0 Å². The van der Waals surface area contributed by atoms with Gasteiger partial charge in [0.15, 0.2) is 0 Å². The van der Waals surface area contributed by atoms with E-state index in [0.717, 1.165) is 64.4 Å². The lowest BCUT2D eigenvalue weighted by Crippen LogP contribution is -2.48. The summed E-state index contributed by atoms with van der Waals surface area (Å²) in [6.07, 6.45) is 16.5. The Bertz CT molecular complexity index is 1120. The van der Waals surface area contributed by atoms with E-state index in [0.29, 0.717) is 37.8 Å². The van der Waals surface area contributed by atoms with Gasteiger partial charge in [0, 0.05) is 75.8 Å². The minimum absolute atomic E-state index is 0.0286. The molecule has 4 atom stereocenters. The van der Waals surface area contributed by atoms with Crippen molar-refractivity contribution in [1.29, 1.82) is 0 Å². The molecule has 2 saturated heterocycles. The van der Waals surface area contributed by atoms with E-state index in [2.05, 4.69) is 51.0 Å². The van der Waals surface area contributed by atoms with Crippen LogP contribution in [0.1, 0.15) is 55.2 Å². The molecule has 204 valence electrons. The minimum atomic E-state index is -0.370. The molecular weight excluding hydrogens is 480 g/mol. The normalized spacial score (nSPS) is 27.1. The lowest BCUT2D eigenvalue weighted by molar-refractivity contribution is -0.138. The molecule has 3 N–H and O–H groups in total. The van der Waals surface area contributed by atoms with E-state index in [-0.39, 0.29) is 23.9 Å². The van der Waals surface area contributed by atoms with E-state index < -0.39 is 0 Å². The number of carbonyl (C=O) groups is 2. The average Bonchev–Trinajstić information content (AvgIpc) is 3.38. The van der Waals surface area contributed by atoms with E-state index in [1.165, 1.54) is 23.4 Å². The number of dihydropyridines is 1. The molecule has 6 rings (SSSR count). The Kier molecular flexibility index (Phi) is 7.65. The molecule has 9 nitrogen and oxygen atoms in total. The highest BCUT2D eigenvalue weighted by Crippen LogP contribution is 2.50. The van der Waals surface area contributed by atoms with Gasteiger partial charge in [-0.15, -0.1) is 0 Å². The van der Waals surface area contributed by atoms with Gasteiger partial charge in [0.2, 0.25) is 11.8 Å². The van der Waals surface area contributed by atoms with E-state index >= 15 is 0 Å². The van der Waals surface area contributed by atoms with Crippen LogP contribution in [0, 0.1) is 5.92 Å². The first kappa shape index (κ1) is 25.4. The van der Waals surface area contributed by atoms with Crippen molar-refractivity contribution in [2.75, 3.05) is 45.9 Å². The number of aromatic nitrogens is 2. The van der Waals surface area contributed by atoms with Gasteiger partial charge in [-0.1, -0.05) is 24.3 Å². The Morgan fingerprint density at radius 2 is 2.11 bits per heavy atom. The van der Waals surface area contributed by atoms with Gasteiger partial charge < -0.3 is 25.3 Å². The number of ether oxygens (including phenoxy) is 1. The maximum Gasteiger partial charge on any atom is 0.242 e. The Labute approximate surface area is 224 Å². The molecule has 0 bridgehead atoms. The number of H-pyrrole nitrogens is 1. The van der Waals surface area contributed by atoms with E-state index in [1.54, 1.807) is 4.90 Å². The van der Waals surface area contributed by atoms with Crippen LogP contribution >= 0.6 is 0 Å². The highest BCUT2D eigenvalue weighted by atomic mass is 16.5. The van der Waals surface area contributed by atoms with E-state index in [9.17, 15) is 9.59 Å².